The maximum Gasteiger partial charge on any atom is 0.147 e. The summed E-state index contributed by atoms with van der Waals surface area (Å²) in [6.45, 7) is 0. The molecule has 2 aromatic carbocycles. The van der Waals surface area contributed by atoms with E-state index in [0.717, 1.165) is 4.47 Å². The number of benzene rings is 2. The molecule has 0 amide bonds. The van der Waals surface area contributed by atoms with Gasteiger partial charge in [-0.2, -0.15) is 0 Å². The van der Waals surface area contributed by atoms with Crippen molar-refractivity contribution in [3.8, 4) is 5.75 Å². The van der Waals surface area contributed by atoms with E-state index in [9.17, 15) is 4.39 Å². The number of hydrogen-bond donors (Lipinski definition) is 2. The van der Waals surface area contributed by atoms with E-state index in [-0.39, 0.29) is 4.99 Å². The van der Waals surface area contributed by atoms with Crippen molar-refractivity contribution in [2.45, 2.75) is 0 Å². The van der Waals surface area contributed by atoms with Crippen LogP contribution in [0.25, 0.3) is 0 Å². The predicted molar refractivity (Wildman–Crippen MR) is 86.3 cm³/mol. The number of ether oxygens (including phenoxy) is 1. The van der Waals surface area contributed by atoms with Gasteiger partial charge >= 0.3 is 0 Å². The Hall–Kier alpha value is -1.66. The molecule has 0 atom stereocenters. The van der Waals surface area contributed by atoms with Crippen molar-refractivity contribution in [2.24, 2.45) is 5.73 Å². The Morgan fingerprint density at radius 1 is 1.25 bits per heavy atom. The van der Waals surface area contributed by atoms with Gasteiger partial charge in [0.05, 0.1) is 18.5 Å². The molecule has 0 bridgehead atoms. The lowest BCUT2D eigenvalue weighted by Crippen LogP contribution is -2.09. The van der Waals surface area contributed by atoms with Crippen LogP contribution in [-0.2, 0) is 0 Å². The van der Waals surface area contributed by atoms with Crippen LogP contribution in [0.2, 0.25) is 0 Å². The zero-order chi connectivity index (χ0) is 14.7. The third-order valence-corrected chi connectivity index (χ3v) is 3.62. The van der Waals surface area contributed by atoms with Crippen LogP contribution in [0.4, 0.5) is 15.8 Å². The third kappa shape index (κ3) is 3.26. The standard InChI is InChI=1S/C14H12BrFN2OS/c1-19-9-3-4-10(15)13(7-9)18-12-5-2-8(14(17)20)6-11(12)16/h2-7,18H,1H3,(H2,17,20). The summed E-state index contributed by atoms with van der Waals surface area (Å²) in [5, 5.41) is 3.00. The summed E-state index contributed by atoms with van der Waals surface area (Å²) in [4.78, 5) is 0.165. The monoisotopic (exact) mass is 354 g/mol. The number of methoxy groups -OCH3 is 1. The normalized spacial score (nSPS) is 10.2. The van der Waals surface area contributed by atoms with E-state index in [1.54, 1.807) is 25.3 Å². The second kappa shape index (κ2) is 6.19. The van der Waals surface area contributed by atoms with E-state index < -0.39 is 5.82 Å². The number of nitrogens with two attached hydrogens (primary N) is 1. The number of hydrogen-bond acceptors (Lipinski definition) is 3. The van der Waals surface area contributed by atoms with E-state index in [0.29, 0.717) is 22.7 Å². The van der Waals surface area contributed by atoms with Gasteiger partial charge in [0.25, 0.3) is 0 Å². The van der Waals surface area contributed by atoms with Gasteiger partial charge in [-0.1, -0.05) is 12.2 Å². The van der Waals surface area contributed by atoms with Crippen LogP contribution in [0.1, 0.15) is 5.56 Å². The van der Waals surface area contributed by atoms with Gasteiger partial charge in [0.15, 0.2) is 0 Å². The molecule has 0 aliphatic carbocycles. The number of anilines is 2. The van der Waals surface area contributed by atoms with Crippen LogP contribution in [0.5, 0.6) is 5.75 Å². The molecule has 3 nitrogen and oxygen atoms in total. The Labute approximate surface area is 130 Å². The first-order chi connectivity index (χ1) is 9.51. The summed E-state index contributed by atoms with van der Waals surface area (Å²) in [6, 6.07) is 9.96. The summed E-state index contributed by atoms with van der Waals surface area (Å²) < 4.78 is 19.9. The molecule has 0 saturated carbocycles. The fourth-order valence-electron chi connectivity index (χ4n) is 1.64. The molecule has 0 spiro atoms. The van der Waals surface area contributed by atoms with E-state index in [1.807, 2.05) is 12.1 Å². The third-order valence-electron chi connectivity index (χ3n) is 2.70. The largest absolute Gasteiger partial charge is 0.497 e. The smallest absolute Gasteiger partial charge is 0.147 e. The Bertz CT molecular complexity index is 664. The molecular formula is C14H12BrFN2OS. The highest BCUT2D eigenvalue weighted by Crippen LogP contribution is 2.30. The molecule has 0 aliphatic rings. The minimum atomic E-state index is -0.426. The molecule has 0 saturated heterocycles. The lowest BCUT2D eigenvalue weighted by atomic mass is 10.2. The van der Waals surface area contributed by atoms with Crippen molar-refractivity contribution in [1.29, 1.82) is 0 Å². The number of nitrogens with one attached hydrogen (secondary N) is 1. The van der Waals surface area contributed by atoms with Crippen molar-refractivity contribution < 1.29 is 9.13 Å². The minimum absolute atomic E-state index is 0.165. The summed E-state index contributed by atoms with van der Waals surface area (Å²) in [5.41, 5.74) is 6.99. The van der Waals surface area contributed by atoms with Gasteiger partial charge < -0.3 is 15.8 Å². The Balaban J connectivity index is 2.32. The zero-order valence-electron chi connectivity index (χ0n) is 10.6. The van der Waals surface area contributed by atoms with Gasteiger partial charge in [-0.3, -0.25) is 0 Å². The molecule has 0 aliphatic heterocycles. The maximum absolute atomic E-state index is 14.0. The zero-order valence-corrected chi connectivity index (χ0v) is 13.0. The SMILES string of the molecule is COc1ccc(Br)c(Nc2ccc(C(N)=S)cc2F)c1. The van der Waals surface area contributed by atoms with Gasteiger partial charge in [0.2, 0.25) is 0 Å². The quantitative estimate of drug-likeness (QED) is 0.815. The van der Waals surface area contributed by atoms with Crippen molar-refractivity contribution in [1.82, 2.24) is 0 Å². The first-order valence-corrected chi connectivity index (χ1v) is 6.91. The highest BCUT2D eigenvalue weighted by Gasteiger charge is 2.08. The molecule has 0 fully saturated rings. The van der Waals surface area contributed by atoms with E-state index in [2.05, 4.69) is 21.2 Å². The molecule has 6 heteroatoms. The lowest BCUT2D eigenvalue weighted by molar-refractivity contribution is 0.415. The molecule has 0 aromatic heterocycles. The molecule has 2 aromatic rings. The van der Waals surface area contributed by atoms with Crippen molar-refractivity contribution >= 4 is 44.5 Å². The van der Waals surface area contributed by atoms with Gasteiger partial charge in [0, 0.05) is 16.1 Å². The molecule has 0 unspecified atom stereocenters. The summed E-state index contributed by atoms with van der Waals surface area (Å²) in [7, 11) is 1.57. The fourth-order valence-corrected chi connectivity index (χ4v) is 2.11. The van der Waals surface area contributed by atoms with Crippen LogP contribution in [0.3, 0.4) is 0 Å². The van der Waals surface area contributed by atoms with Crippen LogP contribution >= 0.6 is 28.1 Å². The number of rotatable bonds is 4. The van der Waals surface area contributed by atoms with Crippen LogP contribution in [0, 0.1) is 5.82 Å². The molecule has 2 rings (SSSR count). The Morgan fingerprint density at radius 3 is 2.60 bits per heavy atom. The van der Waals surface area contributed by atoms with Crippen molar-refractivity contribution in [3.05, 3.63) is 52.3 Å². The van der Waals surface area contributed by atoms with Gasteiger partial charge in [-0.15, -0.1) is 0 Å². The first kappa shape index (κ1) is 14.7. The summed E-state index contributed by atoms with van der Waals surface area (Å²) in [5.74, 6) is 0.251. The van der Waals surface area contributed by atoms with E-state index >= 15 is 0 Å². The number of thiocarbonyl (C=S) groups is 1. The summed E-state index contributed by atoms with van der Waals surface area (Å²) >= 11 is 8.21. The van der Waals surface area contributed by atoms with Gasteiger partial charge in [-0.05, 0) is 46.3 Å². The second-order valence-electron chi connectivity index (χ2n) is 4.03. The summed E-state index contributed by atoms with van der Waals surface area (Å²) in [6.07, 6.45) is 0. The topological polar surface area (TPSA) is 47.3 Å². The highest BCUT2D eigenvalue weighted by molar-refractivity contribution is 9.10. The molecule has 3 N–H and O–H groups in total. The Kier molecular flexibility index (Phi) is 4.57. The van der Waals surface area contributed by atoms with Crippen LogP contribution in [-0.4, -0.2) is 12.1 Å². The van der Waals surface area contributed by atoms with E-state index in [1.165, 1.54) is 6.07 Å². The highest BCUT2D eigenvalue weighted by atomic mass is 79.9. The molecule has 20 heavy (non-hydrogen) atoms. The van der Waals surface area contributed by atoms with E-state index in [4.69, 9.17) is 22.7 Å². The van der Waals surface area contributed by atoms with Crippen LogP contribution < -0.4 is 15.8 Å². The van der Waals surface area contributed by atoms with Crippen molar-refractivity contribution in [3.63, 3.8) is 0 Å². The Morgan fingerprint density at radius 2 is 2.00 bits per heavy atom. The minimum Gasteiger partial charge on any atom is -0.497 e. The fraction of sp³-hybridized carbons (Fsp3) is 0.0714. The lowest BCUT2D eigenvalue weighted by Gasteiger charge is -2.12. The molecule has 0 radical (unpaired) electrons. The predicted octanol–water partition coefficient (Wildman–Crippen LogP) is 3.97. The van der Waals surface area contributed by atoms with Gasteiger partial charge in [0.1, 0.15) is 16.6 Å². The molecule has 104 valence electrons. The maximum atomic E-state index is 14.0. The second-order valence-corrected chi connectivity index (χ2v) is 5.32. The molecular weight excluding hydrogens is 343 g/mol. The van der Waals surface area contributed by atoms with Crippen molar-refractivity contribution in [2.75, 3.05) is 12.4 Å². The number of halogens is 2. The first-order valence-electron chi connectivity index (χ1n) is 5.71. The molecule has 0 heterocycles. The average Bonchev–Trinajstić information content (AvgIpc) is 2.43. The van der Waals surface area contributed by atoms with Crippen LogP contribution in [0.15, 0.2) is 40.9 Å². The van der Waals surface area contributed by atoms with Gasteiger partial charge in [-0.25, -0.2) is 4.39 Å². The average molecular weight is 355 g/mol.